The van der Waals surface area contributed by atoms with E-state index in [1.54, 1.807) is 11.3 Å². The van der Waals surface area contributed by atoms with Gasteiger partial charge < -0.3 is 0 Å². The fourth-order valence-corrected chi connectivity index (χ4v) is 4.55. The summed E-state index contributed by atoms with van der Waals surface area (Å²) in [6.07, 6.45) is 1.11. The molecular weight excluding hydrogens is 364 g/mol. The molecule has 0 radical (unpaired) electrons. The Kier molecular flexibility index (Phi) is 6.19. The van der Waals surface area contributed by atoms with E-state index >= 15 is 0 Å². The lowest BCUT2D eigenvalue weighted by Gasteiger charge is -2.06. The third-order valence-electron chi connectivity index (χ3n) is 4.02. The smallest absolute Gasteiger partial charge is 0.211 e. The average Bonchev–Trinajstić information content (AvgIpc) is 3.10. The van der Waals surface area contributed by atoms with E-state index in [1.807, 2.05) is 47.8 Å². The summed E-state index contributed by atoms with van der Waals surface area (Å²) >= 11 is 1.59. The molecule has 0 spiro atoms. The van der Waals surface area contributed by atoms with E-state index < -0.39 is 10.0 Å². The van der Waals surface area contributed by atoms with Gasteiger partial charge in [0.1, 0.15) is 5.01 Å². The maximum atomic E-state index is 12.1. The molecular formula is C20H22N2O2S2. The van der Waals surface area contributed by atoms with Crippen molar-refractivity contribution in [3.63, 3.8) is 0 Å². The molecule has 0 atom stereocenters. The highest BCUT2D eigenvalue weighted by Crippen LogP contribution is 2.24. The van der Waals surface area contributed by atoms with Crippen LogP contribution in [0.3, 0.4) is 0 Å². The van der Waals surface area contributed by atoms with Gasteiger partial charge in [-0.25, -0.2) is 18.1 Å². The summed E-state index contributed by atoms with van der Waals surface area (Å²) in [7, 11) is -3.28. The van der Waals surface area contributed by atoms with Crippen LogP contribution in [0.2, 0.25) is 0 Å². The predicted molar refractivity (Wildman–Crippen MR) is 108 cm³/mol. The third kappa shape index (κ3) is 5.49. The van der Waals surface area contributed by atoms with Crippen LogP contribution in [0.15, 0.2) is 60.0 Å². The highest BCUT2D eigenvalue weighted by atomic mass is 32.2. The van der Waals surface area contributed by atoms with Gasteiger partial charge in [-0.15, -0.1) is 11.3 Å². The van der Waals surface area contributed by atoms with Crippen molar-refractivity contribution in [2.75, 3.05) is 12.3 Å². The van der Waals surface area contributed by atoms with Gasteiger partial charge in [-0.2, -0.15) is 0 Å². The minimum Gasteiger partial charge on any atom is -0.241 e. The van der Waals surface area contributed by atoms with Gasteiger partial charge in [0, 0.05) is 23.9 Å². The van der Waals surface area contributed by atoms with Crippen LogP contribution in [0.4, 0.5) is 0 Å². The SMILES string of the molecule is Cc1cccc(-c2nc(CCNS(=O)(=O)CCc3ccccc3)cs2)c1. The first-order valence-electron chi connectivity index (χ1n) is 8.54. The van der Waals surface area contributed by atoms with E-state index in [-0.39, 0.29) is 5.75 Å². The molecule has 2 aromatic carbocycles. The predicted octanol–water partition coefficient (Wildman–Crippen LogP) is 3.82. The highest BCUT2D eigenvalue weighted by Gasteiger charge is 2.11. The van der Waals surface area contributed by atoms with Gasteiger partial charge in [0.15, 0.2) is 0 Å². The fourth-order valence-electron chi connectivity index (χ4n) is 2.64. The maximum absolute atomic E-state index is 12.1. The first-order valence-corrected chi connectivity index (χ1v) is 11.1. The Bertz CT molecular complexity index is 951. The molecule has 1 heterocycles. The second kappa shape index (κ2) is 8.58. The lowest BCUT2D eigenvalue weighted by molar-refractivity contribution is 0.580. The van der Waals surface area contributed by atoms with Crippen LogP contribution in [-0.4, -0.2) is 25.7 Å². The minimum absolute atomic E-state index is 0.0998. The number of aryl methyl sites for hydroxylation is 2. The van der Waals surface area contributed by atoms with Crippen LogP contribution >= 0.6 is 11.3 Å². The second-order valence-electron chi connectivity index (χ2n) is 6.21. The van der Waals surface area contributed by atoms with E-state index in [9.17, 15) is 8.42 Å². The molecule has 0 aliphatic rings. The number of nitrogens with one attached hydrogen (secondary N) is 1. The molecule has 0 unspecified atom stereocenters. The number of hydrogen-bond donors (Lipinski definition) is 1. The van der Waals surface area contributed by atoms with Gasteiger partial charge in [0.05, 0.1) is 11.4 Å². The maximum Gasteiger partial charge on any atom is 0.211 e. The number of rotatable bonds is 8. The number of sulfonamides is 1. The lowest BCUT2D eigenvalue weighted by Crippen LogP contribution is -2.29. The van der Waals surface area contributed by atoms with Gasteiger partial charge in [-0.05, 0) is 25.0 Å². The highest BCUT2D eigenvalue weighted by molar-refractivity contribution is 7.89. The van der Waals surface area contributed by atoms with Crippen LogP contribution in [0.1, 0.15) is 16.8 Å². The van der Waals surface area contributed by atoms with E-state index in [1.165, 1.54) is 5.56 Å². The largest absolute Gasteiger partial charge is 0.241 e. The van der Waals surface area contributed by atoms with Gasteiger partial charge in [0.2, 0.25) is 10.0 Å². The Morgan fingerprint density at radius 1 is 1.04 bits per heavy atom. The summed E-state index contributed by atoms with van der Waals surface area (Å²) in [5, 5.41) is 2.96. The number of nitrogens with zero attached hydrogens (tertiary/aromatic N) is 1. The molecule has 3 rings (SSSR count). The van der Waals surface area contributed by atoms with E-state index in [0.29, 0.717) is 19.4 Å². The summed E-state index contributed by atoms with van der Waals surface area (Å²) in [4.78, 5) is 4.62. The average molecular weight is 387 g/mol. The van der Waals surface area contributed by atoms with Gasteiger partial charge in [0.25, 0.3) is 0 Å². The molecule has 0 aliphatic carbocycles. The molecule has 26 heavy (non-hydrogen) atoms. The van der Waals surface area contributed by atoms with Crippen molar-refractivity contribution in [1.29, 1.82) is 0 Å². The first kappa shape index (κ1) is 18.8. The molecule has 136 valence electrons. The normalized spacial score (nSPS) is 11.6. The van der Waals surface area contributed by atoms with Crippen LogP contribution in [0.5, 0.6) is 0 Å². The Labute approximate surface area is 159 Å². The van der Waals surface area contributed by atoms with E-state index in [4.69, 9.17) is 0 Å². The zero-order valence-corrected chi connectivity index (χ0v) is 16.3. The molecule has 0 aliphatic heterocycles. The second-order valence-corrected chi connectivity index (χ2v) is 9.00. The van der Waals surface area contributed by atoms with Crippen molar-refractivity contribution in [3.05, 3.63) is 76.8 Å². The number of benzene rings is 2. The van der Waals surface area contributed by atoms with Crippen molar-refractivity contribution < 1.29 is 8.42 Å². The summed E-state index contributed by atoms with van der Waals surface area (Å²) in [5.41, 5.74) is 4.24. The standard InChI is InChI=1S/C20H22N2O2S2/c1-16-6-5-9-18(14-16)20-22-19(15-25-20)10-12-21-26(23,24)13-11-17-7-3-2-4-8-17/h2-9,14-15,21H,10-13H2,1H3. The number of thiazole rings is 1. The van der Waals surface area contributed by atoms with Gasteiger partial charge in [-0.3, -0.25) is 0 Å². The summed E-state index contributed by atoms with van der Waals surface area (Å²) in [6, 6.07) is 17.9. The summed E-state index contributed by atoms with van der Waals surface area (Å²) < 4.78 is 26.9. The molecule has 6 heteroatoms. The lowest BCUT2D eigenvalue weighted by atomic mass is 10.1. The zero-order chi connectivity index (χ0) is 18.4. The quantitative estimate of drug-likeness (QED) is 0.640. The zero-order valence-electron chi connectivity index (χ0n) is 14.7. The Morgan fingerprint density at radius 3 is 2.62 bits per heavy atom. The third-order valence-corrected chi connectivity index (χ3v) is 6.35. The van der Waals surface area contributed by atoms with Crippen molar-refractivity contribution in [1.82, 2.24) is 9.71 Å². The van der Waals surface area contributed by atoms with Crippen molar-refractivity contribution in [2.24, 2.45) is 0 Å². The fraction of sp³-hybridized carbons (Fsp3) is 0.250. The molecule has 1 aromatic heterocycles. The Morgan fingerprint density at radius 2 is 1.85 bits per heavy atom. The van der Waals surface area contributed by atoms with Crippen LogP contribution in [-0.2, 0) is 22.9 Å². The number of hydrogen-bond acceptors (Lipinski definition) is 4. The molecule has 0 bridgehead atoms. The van der Waals surface area contributed by atoms with Crippen LogP contribution < -0.4 is 4.72 Å². The Balaban J connectivity index is 1.50. The summed E-state index contributed by atoms with van der Waals surface area (Å²) in [6.45, 7) is 2.43. The minimum atomic E-state index is -3.28. The van der Waals surface area contributed by atoms with Crippen LogP contribution in [0.25, 0.3) is 10.6 Å². The molecule has 3 aromatic rings. The Hall–Kier alpha value is -2.02. The molecule has 0 saturated carbocycles. The van der Waals surface area contributed by atoms with E-state index in [0.717, 1.165) is 21.8 Å². The van der Waals surface area contributed by atoms with Crippen molar-refractivity contribution in [2.45, 2.75) is 19.8 Å². The van der Waals surface area contributed by atoms with Gasteiger partial charge >= 0.3 is 0 Å². The molecule has 0 amide bonds. The summed E-state index contributed by atoms with van der Waals surface area (Å²) in [5.74, 6) is 0.0998. The van der Waals surface area contributed by atoms with Gasteiger partial charge in [-0.1, -0.05) is 54.1 Å². The van der Waals surface area contributed by atoms with E-state index in [2.05, 4.69) is 28.8 Å². The topological polar surface area (TPSA) is 59.1 Å². The van der Waals surface area contributed by atoms with Crippen molar-refractivity contribution >= 4 is 21.4 Å². The monoisotopic (exact) mass is 386 g/mol. The molecule has 1 N–H and O–H groups in total. The first-order chi connectivity index (χ1) is 12.5. The molecule has 0 fully saturated rings. The molecule has 4 nitrogen and oxygen atoms in total. The molecule has 0 saturated heterocycles. The number of aromatic nitrogens is 1. The van der Waals surface area contributed by atoms with Crippen LogP contribution in [0, 0.1) is 6.92 Å². The van der Waals surface area contributed by atoms with Crippen molar-refractivity contribution in [3.8, 4) is 10.6 Å².